The van der Waals surface area contributed by atoms with Gasteiger partial charge in [0.2, 0.25) is 5.95 Å². The van der Waals surface area contributed by atoms with Crippen LogP contribution in [-0.2, 0) is 0 Å². The number of nitrogens with zero attached hydrogens (tertiary/aromatic N) is 4. The number of anilines is 3. The third kappa shape index (κ3) is 4.06. The molecular weight excluding hydrogens is 336 g/mol. The second-order valence-electron chi connectivity index (χ2n) is 6.83. The predicted octanol–water partition coefficient (Wildman–Crippen LogP) is 3.31. The minimum atomic E-state index is 0.585. The maximum atomic E-state index is 4.65. The van der Waals surface area contributed by atoms with Gasteiger partial charge in [0.15, 0.2) is 0 Å². The number of aromatic nitrogens is 3. The molecule has 0 amide bonds. The summed E-state index contributed by atoms with van der Waals surface area (Å²) in [6.07, 6.45) is 3.66. The zero-order valence-corrected chi connectivity index (χ0v) is 15.7. The van der Waals surface area contributed by atoms with Crippen LogP contribution in [0.25, 0.3) is 11.3 Å². The van der Waals surface area contributed by atoms with Crippen LogP contribution in [-0.4, -0.2) is 41.1 Å². The fourth-order valence-corrected chi connectivity index (χ4v) is 3.15. The Balaban J connectivity index is 1.52. The van der Waals surface area contributed by atoms with Crippen LogP contribution in [0, 0.1) is 13.8 Å². The Kier molecular flexibility index (Phi) is 4.98. The third-order valence-corrected chi connectivity index (χ3v) is 4.90. The number of pyridine rings is 1. The number of nitrogens with one attached hydrogen (secondary N) is 2. The molecule has 2 aromatic heterocycles. The minimum absolute atomic E-state index is 0.585. The van der Waals surface area contributed by atoms with E-state index >= 15 is 0 Å². The van der Waals surface area contributed by atoms with Gasteiger partial charge in [-0.2, -0.15) is 0 Å². The molecule has 0 atom stereocenters. The molecule has 1 aromatic carbocycles. The molecule has 6 heteroatoms. The SMILES string of the molecule is Cc1ccc(Nc2nccc(-c3ccc(N4CCNCC4)nc3)n2)cc1C. The van der Waals surface area contributed by atoms with E-state index in [-0.39, 0.29) is 0 Å². The molecule has 3 aromatic rings. The summed E-state index contributed by atoms with van der Waals surface area (Å²) in [5.74, 6) is 1.60. The predicted molar refractivity (Wildman–Crippen MR) is 110 cm³/mol. The molecule has 0 saturated carbocycles. The van der Waals surface area contributed by atoms with Gasteiger partial charge in [0.05, 0.1) is 5.69 Å². The molecule has 1 saturated heterocycles. The third-order valence-electron chi connectivity index (χ3n) is 4.90. The Morgan fingerprint density at radius 1 is 0.963 bits per heavy atom. The average molecular weight is 360 g/mol. The van der Waals surface area contributed by atoms with Crippen LogP contribution in [0.3, 0.4) is 0 Å². The molecular formula is C21H24N6. The lowest BCUT2D eigenvalue weighted by Crippen LogP contribution is -2.43. The quantitative estimate of drug-likeness (QED) is 0.744. The zero-order chi connectivity index (χ0) is 18.6. The number of piperazine rings is 1. The monoisotopic (exact) mass is 360 g/mol. The van der Waals surface area contributed by atoms with Crippen molar-refractivity contribution in [3.05, 3.63) is 59.9 Å². The summed E-state index contributed by atoms with van der Waals surface area (Å²) >= 11 is 0. The van der Waals surface area contributed by atoms with E-state index in [0.29, 0.717) is 5.95 Å². The molecule has 138 valence electrons. The van der Waals surface area contributed by atoms with E-state index in [0.717, 1.165) is 48.9 Å². The highest BCUT2D eigenvalue weighted by Crippen LogP contribution is 2.22. The van der Waals surface area contributed by atoms with Gasteiger partial charge >= 0.3 is 0 Å². The summed E-state index contributed by atoms with van der Waals surface area (Å²) in [4.78, 5) is 15.9. The van der Waals surface area contributed by atoms with Crippen LogP contribution in [0.2, 0.25) is 0 Å². The summed E-state index contributed by atoms with van der Waals surface area (Å²) in [6, 6.07) is 12.3. The second-order valence-corrected chi connectivity index (χ2v) is 6.83. The van der Waals surface area contributed by atoms with Crippen molar-refractivity contribution < 1.29 is 0 Å². The van der Waals surface area contributed by atoms with Crippen molar-refractivity contribution in [2.24, 2.45) is 0 Å². The van der Waals surface area contributed by atoms with E-state index in [1.807, 2.05) is 18.3 Å². The summed E-state index contributed by atoms with van der Waals surface area (Å²) in [5.41, 5.74) is 5.34. The fraction of sp³-hybridized carbons (Fsp3) is 0.286. The number of hydrogen-bond donors (Lipinski definition) is 2. The van der Waals surface area contributed by atoms with Gasteiger partial charge in [0.25, 0.3) is 0 Å². The number of rotatable bonds is 4. The largest absolute Gasteiger partial charge is 0.354 e. The van der Waals surface area contributed by atoms with E-state index in [9.17, 15) is 0 Å². The van der Waals surface area contributed by atoms with Crippen LogP contribution in [0.5, 0.6) is 0 Å². The fourth-order valence-electron chi connectivity index (χ4n) is 3.15. The van der Waals surface area contributed by atoms with Crippen molar-refractivity contribution >= 4 is 17.5 Å². The molecule has 0 radical (unpaired) electrons. The van der Waals surface area contributed by atoms with Crippen molar-refractivity contribution in [3.8, 4) is 11.3 Å². The van der Waals surface area contributed by atoms with E-state index in [2.05, 4.69) is 68.6 Å². The maximum Gasteiger partial charge on any atom is 0.227 e. The molecule has 1 aliphatic heterocycles. The Bertz CT molecular complexity index is 916. The van der Waals surface area contributed by atoms with Gasteiger partial charge in [-0.1, -0.05) is 6.07 Å². The second kappa shape index (κ2) is 7.72. The molecule has 2 N–H and O–H groups in total. The van der Waals surface area contributed by atoms with Crippen LogP contribution in [0.1, 0.15) is 11.1 Å². The Morgan fingerprint density at radius 3 is 2.56 bits per heavy atom. The lowest BCUT2D eigenvalue weighted by Gasteiger charge is -2.28. The van der Waals surface area contributed by atoms with Crippen LogP contribution in [0.15, 0.2) is 48.8 Å². The highest BCUT2D eigenvalue weighted by Gasteiger charge is 2.12. The molecule has 0 aliphatic carbocycles. The van der Waals surface area contributed by atoms with Crippen molar-refractivity contribution in [3.63, 3.8) is 0 Å². The molecule has 27 heavy (non-hydrogen) atoms. The molecule has 1 fully saturated rings. The van der Waals surface area contributed by atoms with Gasteiger partial charge in [0.1, 0.15) is 5.82 Å². The molecule has 4 rings (SSSR count). The number of aryl methyl sites for hydroxylation is 2. The van der Waals surface area contributed by atoms with E-state index < -0.39 is 0 Å². The van der Waals surface area contributed by atoms with Crippen LogP contribution < -0.4 is 15.5 Å². The highest BCUT2D eigenvalue weighted by molar-refractivity contribution is 5.63. The number of hydrogen-bond acceptors (Lipinski definition) is 6. The van der Waals surface area contributed by atoms with Gasteiger partial charge in [-0.15, -0.1) is 0 Å². The average Bonchev–Trinajstić information content (AvgIpc) is 2.72. The zero-order valence-electron chi connectivity index (χ0n) is 15.7. The Hall–Kier alpha value is -2.99. The van der Waals surface area contributed by atoms with Gasteiger partial charge in [-0.05, 0) is 55.3 Å². The number of benzene rings is 1. The van der Waals surface area contributed by atoms with Crippen LogP contribution >= 0.6 is 0 Å². The topological polar surface area (TPSA) is 66.0 Å². The van der Waals surface area contributed by atoms with E-state index in [1.54, 1.807) is 6.20 Å². The smallest absolute Gasteiger partial charge is 0.227 e. The Labute approximate surface area is 159 Å². The van der Waals surface area contributed by atoms with E-state index in [4.69, 9.17) is 0 Å². The molecule has 0 spiro atoms. The summed E-state index contributed by atoms with van der Waals surface area (Å²) in [7, 11) is 0. The van der Waals surface area contributed by atoms with Crippen LogP contribution in [0.4, 0.5) is 17.5 Å². The van der Waals surface area contributed by atoms with Crippen molar-refractivity contribution in [2.75, 3.05) is 36.4 Å². The standard InChI is InChI=1S/C21H24N6/c1-15-3-5-18(13-16(15)2)25-21-23-8-7-19(26-21)17-4-6-20(24-14-17)27-11-9-22-10-12-27/h3-8,13-14,22H,9-12H2,1-2H3,(H,23,25,26). The van der Waals surface area contributed by atoms with Crippen molar-refractivity contribution in [1.29, 1.82) is 0 Å². The summed E-state index contributed by atoms with van der Waals surface area (Å²) in [5, 5.41) is 6.65. The van der Waals surface area contributed by atoms with Gasteiger partial charge in [0, 0.05) is 49.8 Å². The van der Waals surface area contributed by atoms with Crippen molar-refractivity contribution in [1.82, 2.24) is 20.3 Å². The first kappa shape index (κ1) is 17.4. The molecule has 0 bridgehead atoms. The normalized spacial score (nSPS) is 14.2. The first-order valence-electron chi connectivity index (χ1n) is 9.28. The summed E-state index contributed by atoms with van der Waals surface area (Å²) in [6.45, 7) is 8.19. The molecule has 6 nitrogen and oxygen atoms in total. The van der Waals surface area contributed by atoms with Gasteiger partial charge < -0.3 is 15.5 Å². The lowest BCUT2D eigenvalue weighted by atomic mass is 10.1. The molecule has 3 heterocycles. The first-order valence-corrected chi connectivity index (χ1v) is 9.28. The molecule has 0 unspecified atom stereocenters. The van der Waals surface area contributed by atoms with E-state index in [1.165, 1.54) is 11.1 Å². The van der Waals surface area contributed by atoms with Gasteiger partial charge in [-0.25, -0.2) is 15.0 Å². The van der Waals surface area contributed by atoms with Crippen molar-refractivity contribution in [2.45, 2.75) is 13.8 Å². The minimum Gasteiger partial charge on any atom is -0.354 e. The molecule has 1 aliphatic rings. The summed E-state index contributed by atoms with van der Waals surface area (Å²) < 4.78 is 0. The Morgan fingerprint density at radius 2 is 1.81 bits per heavy atom. The van der Waals surface area contributed by atoms with Gasteiger partial charge in [-0.3, -0.25) is 0 Å². The maximum absolute atomic E-state index is 4.65. The lowest BCUT2D eigenvalue weighted by molar-refractivity contribution is 0.585. The first-order chi connectivity index (χ1) is 13.2. The highest BCUT2D eigenvalue weighted by atomic mass is 15.2.